The molecular weight excluding hydrogens is 472 g/mol. The van der Waals surface area contributed by atoms with Gasteiger partial charge < -0.3 is 14.2 Å². The molecule has 0 N–H and O–H groups in total. The van der Waals surface area contributed by atoms with E-state index in [0.717, 1.165) is 38.5 Å². The molecule has 0 aromatic carbocycles. The van der Waals surface area contributed by atoms with Gasteiger partial charge in [0.05, 0.1) is 13.2 Å². The summed E-state index contributed by atoms with van der Waals surface area (Å²) in [7, 11) is 0. The summed E-state index contributed by atoms with van der Waals surface area (Å²) in [5.41, 5.74) is -3.06. The van der Waals surface area contributed by atoms with E-state index in [9.17, 15) is 19.2 Å². The standard InChI is InChI=1S/C30H50O7/c1-5-19-29(25(31)35-21-7-3,23-15-11-9-12-16-23)27(33)37-28(34)30(20-6-2,26(32)36-22-8-4)24-17-13-10-14-18-24/h23-24H,5-22H2,1-4H3. The highest BCUT2D eigenvalue weighted by Gasteiger charge is 2.59. The highest BCUT2D eigenvalue weighted by molar-refractivity contribution is 6.08. The maximum absolute atomic E-state index is 14.0. The van der Waals surface area contributed by atoms with Gasteiger partial charge in [-0.3, -0.25) is 19.2 Å². The van der Waals surface area contributed by atoms with Gasteiger partial charge >= 0.3 is 23.9 Å². The third-order valence-corrected chi connectivity index (χ3v) is 8.41. The lowest BCUT2D eigenvalue weighted by Gasteiger charge is -2.41. The molecule has 0 amide bonds. The van der Waals surface area contributed by atoms with Gasteiger partial charge in [-0.15, -0.1) is 0 Å². The summed E-state index contributed by atoms with van der Waals surface area (Å²) >= 11 is 0. The monoisotopic (exact) mass is 522 g/mol. The van der Waals surface area contributed by atoms with Crippen molar-refractivity contribution in [3.8, 4) is 0 Å². The summed E-state index contributed by atoms with van der Waals surface area (Å²) < 4.78 is 16.9. The molecule has 2 aliphatic carbocycles. The number of carbonyl (C=O) groups excluding carboxylic acids is 4. The molecule has 0 spiro atoms. The number of ether oxygens (including phenoxy) is 3. The van der Waals surface area contributed by atoms with Crippen LogP contribution >= 0.6 is 0 Å². The van der Waals surface area contributed by atoms with Crippen LogP contribution in [0.2, 0.25) is 0 Å². The number of hydrogen-bond acceptors (Lipinski definition) is 7. The molecule has 212 valence electrons. The number of esters is 4. The van der Waals surface area contributed by atoms with Crippen LogP contribution in [0.3, 0.4) is 0 Å². The van der Waals surface area contributed by atoms with Gasteiger partial charge in [-0.25, -0.2) is 0 Å². The van der Waals surface area contributed by atoms with Crippen molar-refractivity contribution in [1.29, 1.82) is 0 Å². The lowest BCUT2D eigenvalue weighted by molar-refractivity contribution is -0.192. The summed E-state index contributed by atoms with van der Waals surface area (Å²) in [6.07, 6.45) is 11.6. The molecule has 2 unspecified atom stereocenters. The highest BCUT2D eigenvalue weighted by Crippen LogP contribution is 2.47. The predicted molar refractivity (Wildman–Crippen MR) is 141 cm³/mol. The van der Waals surface area contributed by atoms with Crippen LogP contribution in [0.4, 0.5) is 0 Å². The first-order chi connectivity index (χ1) is 17.8. The Morgan fingerprint density at radius 2 is 0.892 bits per heavy atom. The SMILES string of the molecule is CCCOC(=O)C(CCC)(C(=O)OC(=O)C(CCC)(C(=O)OCCC)C1CCCCC1)C1CCCCC1. The largest absolute Gasteiger partial charge is 0.465 e. The van der Waals surface area contributed by atoms with E-state index in [1.165, 1.54) is 0 Å². The Morgan fingerprint density at radius 3 is 1.19 bits per heavy atom. The quantitative estimate of drug-likeness (QED) is 0.142. The highest BCUT2D eigenvalue weighted by atomic mass is 16.6. The van der Waals surface area contributed by atoms with Crippen molar-refractivity contribution < 1.29 is 33.4 Å². The molecule has 7 heteroatoms. The van der Waals surface area contributed by atoms with Crippen LogP contribution in [-0.4, -0.2) is 37.1 Å². The molecule has 0 heterocycles. The molecule has 0 aromatic rings. The van der Waals surface area contributed by atoms with Gasteiger partial charge in [0, 0.05) is 0 Å². The zero-order valence-corrected chi connectivity index (χ0v) is 23.7. The van der Waals surface area contributed by atoms with Crippen molar-refractivity contribution >= 4 is 23.9 Å². The fourth-order valence-electron chi connectivity index (χ4n) is 6.54. The minimum atomic E-state index is -1.53. The van der Waals surface area contributed by atoms with E-state index in [2.05, 4.69) is 0 Å². The zero-order valence-electron chi connectivity index (χ0n) is 23.7. The molecule has 2 aliphatic rings. The second-order valence-electron chi connectivity index (χ2n) is 11.1. The van der Waals surface area contributed by atoms with E-state index in [1.807, 2.05) is 27.7 Å². The summed E-state index contributed by atoms with van der Waals surface area (Å²) in [6, 6.07) is 0. The van der Waals surface area contributed by atoms with Gasteiger partial charge in [0.1, 0.15) is 0 Å². The van der Waals surface area contributed by atoms with Crippen molar-refractivity contribution in [2.75, 3.05) is 13.2 Å². The molecule has 37 heavy (non-hydrogen) atoms. The molecule has 2 saturated carbocycles. The molecule has 0 saturated heterocycles. The average molecular weight is 523 g/mol. The molecule has 0 aliphatic heterocycles. The average Bonchev–Trinajstić information content (AvgIpc) is 2.92. The summed E-state index contributed by atoms with van der Waals surface area (Å²) in [5, 5.41) is 0. The second-order valence-corrected chi connectivity index (χ2v) is 11.1. The zero-order chi connectivity index (χ0) is 27.3. The van der Waals surface area contributed by atoms with Gasteiger partial charge in [-0.05, 0) is 63.2 Å². The minimum Gasteiger partial charge on any atom is -0.465 e. The first kappa shape index (κ1) is 31.3. The Bertz CT molecular complexity index is 689. The van der Waals surface area contributed by atoms with E-state index >= 15 is 0 Å². The van der Waals surface area contributed by atoms with Crippen molar-refractivity contribution in [2.24, 2.45) is 22.7 Å². The van der Waals surface area contributed by atoms with Crippen LogP contribution in [-0.2, 0) is 33.4 Å². The van der Waals surface area contributed by atoms with Gasteiger partial charge in [0.15, 0.2) is 10.8 Å². The fraction of sp³-hybridized carbons (Fsp3) is 0.867. The molecule has 0 aromatic heterocycles. The Hall–Kier alpha value is -1.92. The third-order valence-electron chi connectivity index (χ3n) is 8.41. The molecule has 7 nitrogen and oxygen atoms in total. The van der Waals surface area contributed by atoms with Gasteiger partial charge in [-0.2, -0.15) is 0 Å². The molecule has 0 radical (unpaired) electrons. The third kappa shape index (κ3) is 7.14. The van der Waals surface area contributed by atoms with Crippen LogP contribution in [0.5, 0.6) is 0 Å². The van der Waals surface area contributed by atoms with E-state index in [4.69, 9.17) is 14.2 Å². The second kappa shape index (κ2) is 15.5. The van der Waals surface area contributed by atoms with Crippen molar-refractivity contribution in [3.05, 3.63) is 0 Å². The van der Waals surface area contributed by atoms with Crippen molar-refractivity contribution in [1.82, 2.24) is 0 Å². The molecular formula is C30H50O7. The molecule has 2 rings (SSSR count). The van der Waals surface area contributed by atoms with Crippen LogP contribution < -0.4 is 0 Å². The topological polar surface area (TPSA) is 96.0 Å². The van der Waals surface area contributed by atoms with Gasteiger partial charge in [0.2, 0.25) is 0 Å². The summed E-state index contributed by atoms with van der Waals surface area (Å²) in [5.74, 6) is -3.35. The number of hydrogen-bond donors (Lipinski definition) is 0. The first-order valence-electron chi connectivity index (χ1n) is 15.0. The van der Waals surface area contributed by atoms with Gasteiger partial charge in [0.25, 0.3) is 0 Å². The van der Waals surface area contributed by atoms with E-state index < -0.39 is 34.7 Å². The Balaban J connectivity index is 2.49. The van der Waals surface area contributed by atoms with E-state index in [-0.39, 0.29) is 37.9 Å². The normalized spacial score (nSPS) is 20.3. The maximum atomic E-state index is 14.0. The number of carbonyl (C=O) groups is 4. The van der Waals surface area contributed by atoms with Crippen LogP contribution in [0.1, 0.15) is 130 Å². The molecule has 2 fully saturated rings. The smallest absolute Gasteiger partial charge is 0.331 e. The van der Waals surface area contributed by atoms with Crippen molar-refractivity contribution in [2.45, 2.75) is 130 Å². The summed E-state index contributed by atoms with van der Waals surface area (Å²) in [4.78, 5) is 55.2. The van der Waals surface area contributed by atoms with E-state index in [1.54, 1.807) is 0 Å². The summed E-state index contributed by atoms with van der Waals surface area (Å²) in [6.45, 7) is 8.08. The maximum Gasteiger partial charge on any atom is 0.331 e. The Kier molecular flexibility index (Phi) is 13.1. The Morgan fingerprint density at radius 1 is 0.541 bits per heavy atom. The van der Waals surface area contributed by atoms with Crippen molar-refractivity contribution in [3.63, 3.8) is 0 Å². The van der Waals surface area contributed by atoms with E-state index in [0.29, 0.717) is 51.4 Å². The van der Waals surface area contributed by atoms with Gasteiger partial charge in [-0.1, -0.05) is 79.1 Å². The lowest BCUT2D eigenvalue weighted by Crippen LogP contribution is -2.53. The Labute approximate surface area is 223 Å². The predicted octanol–water partition coefficient (Wildman–Crippen LogP) is 6.70. The van der Waals surface area contributed by atoms with Crippen LogP contribution in [0.25, 0.3) is 0 Å². The molecule has 0 bridgehead atoms. The fourth-order valence-corrected chi connectivity index (χ4v) is 6.54. The van der Waals surface area contributed by atoms with Crippen LogP contribution in [0.15, 0.2) is 0 Å². The van der Waals surface area contributed by atoms with Crippen LogP contribution in [0, 0.1) is 22.7 Å². The molecule has 2 atom stereocenters. The minimum absolute atomic E-state index is 0.212. The lowest BCUT2D eigenvalue weighted by atomic mass is 9.65. The number of rotatable bonds is 14. The first-order valence-corrected chi connectivity index (χ1v) is 15.0.